The highest BCUT2D eigenvalue weighted by Gasteiger charge is 2.12. The van der Waals surface area contributed by atoms with Crippen LogP contribution in [-0.2, 0) is 11.3 Å². The molecular weight excluding hydrogens is 242 g/mol. The molecule has 2 aromatic carbocycles. The van der Waals surface area contributed by atoms with Gasteiger partial charge in [-0.25, -0.2) is 0 Å². The van der Waals surface area contributed by atoms with Gasteiger partial charge in [0.25, 0.3) is 0 Å². The Bertz CT molecular complexity index is 733. The molecule has 1 aromatic heterocycles. The average molecular weight is 257 g/mol. The number of methoxy groups -OCH3 is 1. The van der Waals surface area contributed by atoms with Crippen LogP contribution in [0.2, 0.25) is 0 Å². The Balaban J connectivity index is 2.27. The first-order chi connectivity index (χ1) is 9.24. The van der Waals surface area contributed by atoms with Gasteiger partial charge >= 0.3 is 0 Å². The number of furan rings is 1. The van der Waals surface area contributed by atoms with E-state index >= 15 is 0 Å². The van der Waals surface area contributed by atoms with E-state index in [1.54, 1.807) is 6.07 Å². The molecule has 0 amide bonds. The monoisotopic (exact) mass is 257 g/mol. The van der Waals surface area contributed by atoms with Crippen molar-refractivity contribution in [2.45, 2.75) is 12.8 Å². The van der Waals surface area contributed by atoms with E-state index in [1.165, 1.54) is 7.11 Å². The summed E-state index contributed by atoms with van der Waals surface area (Å²) >= 11 is 0. The zero-order chi connectivity index (χ0) is 13.4. The van der Waals surface area contributed by atoms with E-state index in [0.717, 1.165) is 27.5 Å². The Morgan fingerprint density at radius 3 is 2.84 bits per heavy atom. The van der Waals surface area contributed by atoms with Gasteiger partial charge in [-0.05, 0) is 6.07 Å². The van der Waals surface area contributed by atoms with Crippen LogP contribution in [0.4, 0.5) is 0 Å². The minimum atomic E-state index is -0.938. The van der Waals surface area contributed by atoms with Crippen LogP contribution in [-0.4, -0.2) is 12.2 Å². The van der Waals surface area contributed by atoms with Gasteiger partial charge < -0.3 is 20.0 Å². The number of fused-ring (bicyclic) bond motifs is 3. The third-order valence-electron chi connectivity index (χ3n) is 3.33. The molecule has 0 radical (unpaired) electrons. The summed E-state index contributed by atoms with van der Waals surface area (Å²) in [6, 6.07) is 11.5. The summed E-state index contributed by atoms with van der Waals surface area (Å²) in [6.07, 6.45) is -0.938. The zero-order valence-electron chi connectivity index (χ0n) is 10.6. The van der Waals surface area contributed by atoms with Gasteiger partial charge in [0.15, 0.2) is 6.29 Å². The summed E-state index contributed by atoms with van der Waals surface area (Å²) in [4.78, 5) is 0. The van der Waals surface area contributed by atoms with E-state index < -0.39 is 6.29 Å². The second-order valence-corrected chi connectivity index (χ2v) is 4.44. The molecular formula is C15H15NO3. The fourth-order valence-electron chi connectivity index (χ4n) is 2.32. The molecule has 4 heteroatoms. The maximum absolute atomic E-state index is 9.68. The summed E-state index contributed by atoms with van der Waals surface area (Å²) in [7, 11) is 1.46. The van der Waals surface area contributed by atoms with Crippen molar-refractivity contribution in [3.63, 3.8) is 0 Å². The minimum absolute atomic E-state index is 0.435. The molecule has 0 saturated carbocycles. The molecule has 3 N–H and O–H groups in total. The highest BCUT2D eigenvalue weighted by atomic mass is 16.6. The first-order valence-electron chi connectivity index (χ1n) is 6.09. The van der Waals surface area contributed by atoms with E-state index in [2.05, 4.69) is 0 Å². The standard InChI is InChI=1S/C15H15NO3/c1-18-15(17)9-5-6-11-12-4-2-3-10(8-16)14(12)19-13(11)7-9/h2-7,15,17H,8,16H2,1H3. The van der Waals surface area contributed by atoms with Crippen LogP contribution in [0.25, 0.3) is 21.9 Å². The number of hydrogen-bond acceptors (Lipinski definition) is 4. The predicted octanol–water partition coefficient (Wildman–Crippen LogP) is 2.68. The summed E-state index contributed by atoms with van der Waals surface area (Å²) < 4.78 is 10.8. The van der Waals surface area contributed by atoms with Crippen molar-refractivity contribution in [2.75, 3.05) is 7.11 Å². The normalized spacial score (nSPS) is 13.2. The highest BCUT2D eigenvalue weighted by Crippen LogP contribution is 2.32. The lowest BCUT2D eigenvalue weighted by Crippen LogP contribution is -1.98. The predicted molar refractivity (Wildman–Crippen MR) is 73.6 cm³/mol. The van der Waals surface area contributed by atoms with Crippen molar-refractivity contribution < 1.29 is 14.3 Å². The van der Waals surface area contributed by atoms with Crippen molar-refractivity contribution in [3.05, 3.63) is 47.5 Å². The number of nitrogens with two attached hydrogens (primary N) is 1. The van der Waals surface area contributed by atoms with Crippen molar-refractivity contribution in [1.82, 2.24) is 0 Å². The van der Waals surface area contributed by atoms with Crippen LogP contribution >= 0.6 is 0 Å². The van der Waals surface area contributed by atoms with Gasteiger partial charge in [-0.1, -0.05) is 30.3 Å². The Morgan fingerprint density at radius 1 is 1.26 bits per heavy atom. The molecule has 0 saturated heterocycles. The van der Waals surface area contributed by atoms with Crippen molar-refractivity contribution >= 4 is 21.9 Å². The van der Waals surface area contributed by atoms with E-state index in [-0.39, 0.29) is 0 Å². The van der Waals surface area contributed by atoms with Gasteiger partial charge in [0.1, 0.15) is 11.2 Å². The smallest absolute Gasteiger partial charge is 0.180 e. The van der Waals surface area contributed by atoms with E-state index in [9.17, 15) is 5.11 Å². The maximum atomic E-state index is 9.68. The quantitative estimate of drug-likeness (QED) is 0.708. The van der Waals surface area contributed by atoms with Gasteiger partial charge in [0, 0.05) is 35.6 Å². The van der Waals surface area contributed by atoms with E-state index in [1.807, 2.05) is 30.3 Å². The second kappa shape index (κ2) is 4.66. The number of benzene rings is 2. The molecule has 0 aliphatic carbocycles. The lowest BCUT2D eigenvalue weighted by Gasteiger charge is -2.07. The Hall–Kier alpha value is -1.88. The van der Waals surface area contributed by atoms with Crippen LogP contribution in [0.15, 0.2) is 40.8 Å². The molecule has 1 atom stereocenters. The molecule has 3 rings (SSSR count). The third kappa shape index (κ3) is 1.90. The van der Waals surface area contributed by atoms with Gasteiger partial charge in [-0.15, -0.1) is 0 Å². The molecule has 0 aliphatic heterocycles. The van der Waals surface area contributed by atoms with Crippen molar-refractivity contribution in [1.29, 1.82) is 0 Å². The molecule has 19 heavy (non-hydrogen) atoms. The molecule has 4 nitrogen and oxygen atoms in total. The second-order valence-electron chi connectivity index (χ2n) is 4.44. The Labute approximate surface area is 110 Å². The van der Waals surface area contributed by atoms with Crippen LogP contribution in [0.1, 0.15) is 17.4 Å². The lowest BCUT2D eigenvalue weighted by molar-refractivity contribution is -0.0768. The zero-order valence-corrected chi connectivity index (χ0v) is 10.6. The Morgan fingerprint density at radius 2 is 2.11 bits per heavy atom. The number of para-hydroxylation sites is 1. The van der Waals surface area contributed by atoms with Crippen LogP contribution in [0.3, 0.4) is 0 Å². The summed E-state index contributed by atoms with van der Waals surface area (Å²) in [5, 5.41) is 11.7. The van der Waals surface area contributed by atoms with Gasteiger partial charge in [0.05, 0.1) is 0 Å². The largest absolute Gasteiger partial charge is 0.456 e. The fourth-order valence-corrected chi connectivity index (χ4v) is 2.32. The third-order valence-corrected chi connectivity index (χ3v) is 3.33. The number of rotatable bonds is 3. The Kier molecular flexibility index (Phi) is 2.98. The number of aliphatic hydroxyl groups is 1. The summed E-state index contributed by atoms with van der Waals surface area (Å²) in [5.74, 6) is 0. The fraction of sp³-hybridized carbons (Fsp3) is 0.200. The van der Waals surface area contributed by atoms with Gasteiger partial charge in [-0.3, -0.25) is 0 Å². The highest BCUT2D eigenvalue weighted by molar-refractivity contribution is 6.05. The van der Waals surface area contributed by atoms with E-state index in [0.29, 0.717) is 12.1 Å². The van der Waals surface area contributed by atoms with Crippen LogP contribution < -0.4 is 5.73 Å². The molecule has 0 fully saturated rings. The summed E-state index contributed by atoms with van der Waals surface area (Å²) in [5.41, 5.74) is 8.90. The number of ether oxygens (including phenoxy) is 1. The molecule has 3 aromatic rings. The molecule has 1 heterocycles. The van der Waals surface area contributed by atoms with Gasteiger partial charge in [0.2, 0.25) is 0 Å². The summed E-state index contributed by atoms with van der Waals surface area (Å²) in [6.45, 7) is 0.435. The first kappa shape index (κ1) is 12.2. The van der Waals surface area contributed by atoms with Crippen molar-refractivity contribution in [3.8, 4) is 0 Å². The minimum Gasteiger partial charge on any atom is -0.456 e. The SMILES string of the molecule is COC(O)c1ccc2c(c1)oc1c(CN)cccc12. The number of aliphatic hydroxyl groups excluding tert-OH is 1. The molecule has 98 valence electrons. The number of hydrogen-bond donors (Lipinski definition) is 2. The van der Waals surface area contributed by atoms with Crippen LogP contribution in [0, 0.1) is 0 Å². The van der Waals surface area contributed by atoms with Crippen molar-refractivity contribution in [2.24, 2.45) is 5.73 Å². The first-order valence-corrected chi connectivity index (χ1v) is 6.09. The molecule has 0 spiro atoms. The molecule has 0 aliphatic rings. The average Bonchev–Trinajstić information content (AvgIpc) is 2.83. The molecule has 1 unspecified atom stereocenters. The van der Waals surface area contributed by atoms with Gasteiger partial charge in [-0.2, -0.15) is 0 Å². The van der Waals surface area contributed by atoms with Crippen LogP contribution in [0.5, 0.6) is 0 Å². The maximum Gasteiger partial charge on any atom is 0.180 e. The topological polar surface area (TPSA) is 68.6 Å². The van der Waals surface area contributed by atoms with E-state index in [4.69, 9.17) is 14.9 Å². The lowest BCUT2D eigenvalue weighted by atomic mass is 10.1. The molecule has 0 bridgehead atoms.